The van der Waals surface area contributed by atoms with Crippen LogP contribution in [0.3, 0.4) is 0 Å². The predicted octanol–water partition coefficient (Wildman–Crippen LogP) is 0.105. The minimum absolute atomic E-state index is 0.0510. The van der Waals surface area contributed by atoms with E-state index in [0.29, 0.717) is 19.6 Å². The van der Waals surface area contributed by atoms with Gasteiger partial charge in [0.25, 0.3) is 0 Å². The molecule has 0 aliphatic carbocycles. The first-order valence-electron chi connectivity index (χ1n) is 6.98. The molecule has 0 rings (SSSR count). The van der Waals surface area contributed by atoms with Gasteiger partial charge in [-0.25, -0.2) is 0 Å². The second-order valence-corrected chi connectivity index (χ2v) is 4.54. The summed E-state index contributed by atoms with van der Waals surface area (Å²) in [6.45, 7) is 6.56. The van der Waals surface area contributed by atoms with E-state index in [4.69, 9.17) is 19.3 Å². The Morgan fingerprint density at radius 1 is 1.05 bits per heavy atom. The molecule has 0 saturated heterocycles. The zero-order valence-electron chi connectivity index (χ0n) is 12.2. The van der Waals surface area contributed by atoms with Crippen LogP contribution in [-0.4, -0.2) is 73.3 Å². The van der Waals surface area contributed by atoms with Crippen LogP contribution in [0.1, 0.15) is 19.8 Å². The number of aliphatic hydroxyl groups is 3. The third-order valence-corrected chi connectivity index (χ3v) is 2.59. The van der Waals surface area contributed by atoms with Crippen molar-refractivity contribution in [2.24, 2.45) is 0 Å². The molecule has 3 atom stereocenters. The van der Waals surface area contributed by atoms with Crippen LogP contribution in [-0.2, 0) is 14.2 Å². The van der Waals surface area contributed by atoms with Gasteiger partial charge in [0, 0.05) is 0 Å². The van der Waals surface area contributed by atoms with Crippen LogP contribution in [0.2, 0.25) is 0 Å². The molecule has 3 unspecified atom stereocenters. The molecule has 0 radical (unpaired) electrons. The summed E-state index contributed by atoms with van der Waals surface area (Å²) in [5.41, 5.74) is 0. The van der Waals surface area contributed by atoms with Crippen molar-refractivity contribution in [2.75, 3.05) is 39.6 Å². The Hall–Kier alpha value is -0.500. The third-order valence-electron chi connectivity index (χ3n) is 2.59. The molecule has 0 aromatic carbocycles. The first-order valence-corrected chi connectivity index (χ1v) is 6.98. The SMILES string of the molecule is C=CCCOC(COCC(O)CC)COCC(O)CO. The molecule has 0 fully saturated rings. The fourth-order valence-electron chi connectivity index (χ4n) is 1.30. The molecule has 120 valence electrons. The Labute approximate surface area is 121 Å². The molecule has 3 N–H and O–H groups in total. The number of hydrogen-bond acceptors (Lipinski definition) is 6. The monoisotopic (exact) mass is 292 g/mol. The molecular formula is C14H28O6. The topological polar surface area (TPSA) is 88.4 Å². The summed E-state index contributed by atoms with van der Waals surface area (Å²) in [4.78, 5) is 0. The van der Waals surface area contributed by atoms with Crippen LogP contribution in [0.25, 0.3) is 0 Å². The van der Waals surface area contributed by atoms with Crippen molar-refractivity contribution in [2.45, 2.75) is 38.1 Å². The molecule has 0 aromatic rings. The first-order chi connectivity index (χ1) is 9.63. The van der Waals surface area contributed by atoms with Crippen LogP contribution in [0.5, 0.6) is 0 Å². The van der Waals surface area contributed by atoms with Crippen molar-refractivity contribution in [1.29, 1.82) is 0 Å². The summed E-state index contributed by atoms with van der Waals surface area (Å²) >= 11 is 0. The van der Waals surface area contributed by atoms with Crippen LogP contribution in [0, 0.1) is 0 Å². The average molecular weight is 292 g/mol. The van der Waals surface area contributed by atoms with Crippen molar-refractivity contribution < 1.29 is 29.5 Å². The van der Waals surface area contributed by atoms with E-state index < -0.39 is 12.2 Å². The van der Waals surface area contributed by atoms with Gasteiger partial charge in [0.2, 0.25) is 0 Å². The Bertz CT molecular complexity index is 208. The van der Waals surface area contributed by atoms with Gasteiger partial charge in [-0.15, -0.1) is 6.58 Å². The smallest absolute Gasteiger partial charge is 0.104 e. The molecule has 6 nitrogen and oxygen atoms in total. The maximum absolute atomic E-state index is 9.39. The molecule has 0 heterocycles. The van der Waals surface area contributed by atoms with E-state index in [9.17, 15) is 10.2 Å². The lowest BCUT2D eigenvalue weighted by molar-refractivity contribution is -0.0837. The predicted molar refractivity (Wildman–Crippen MR) is 75.6 cm³/mol. The zero-order chi connectivity index (χ0) is 15.2. The lowest BCUT2D eigenvalue weighted by Crippen LogP contribution is -2.30. The van der Waals surface area contributed by atoms with Gasteiger partial charge in [-0.05, 0) is 12.8 Å². The van der Waals surface area contributed by atoms with Gasteiger partial charge in [-0.3, -0.25) is 0 Å². The molecule has 6 heteroatoms. The molecular weight excluding hydrogens is 264 g/mol. The molecule has 0 aliphatic rings. The van der Waals surface area contributed by atoms with Gasteiger partial charge in [0.15, 0.2) is 0 Å². The summed E-state index contributed by atoms with van der Waals surface area (Å²) in [6, 6.07) is 0. The Balaban J connectivity index is 3.89. The van der Waals surface area contributed by atoms with Crippen LogP contribution in [0.15, 0.2) is 12.7 Å². The van der Waals surface area contributed by atoms with E-state index in [1.54, 1.807) is 6.08 Å². The molecule has 20 heavy (non-hydrogen) atoms. The molecule has 0 saturated carbocycles. The molecule has 0 aromatic heterocycles. The molecule has 0 spiro atoms. The summed E-state index contributed by atoms with van der Waals surface area (Å²) < 4.78 is 16.2. The van der Waals surface area contributed by atoms with Crippen molar-refractivity contribution in [3.8, 4) is 0 Å². The Kier molecular flexibility index (Phi) is 13.1. The highest BCUT2D eigenvalue weighted by molar-refractivity contribution is 4.66. The van der Waals surface area contributed by atoms with Gasteiger partial charge in [-0.1, -0.05) is 13.0 Å². The van der Waals surface area contributed by atoms with Crippen molar-refractivity contribution >= 4 is 0 Å². The highest BCUT2D eigenvalue weighted by atomic mass is 16.6. The van der Waals surface area contributed by atoms with Gasteiger partial charge in [0.1, 0.15) is 12.2 Å². The zero-order valence-corrected chi connectivity index (χ0v) is 12.2. The molecule has 0 aliphatic heterocycles. The molecule has 0 bridgehead atoms. The first kappa shape index (κ1) is 19.5. The lowest BCUT2D eigenvalue weighted by atomic mass is 10.3. The summed E-state index contributed by atoms with van der Waals surface area (Å²) in [5.74, 6) is 0. The van der Waals surface area contributed by atoms with E-state index in [-0.39, 0.29) is 32.5 Å². The van der Waals surface area contributed by atoms with Crippen LogP contribution in [0.4, 0.5) is 0 Å². The maximum atomic E-state index is 9.39. The van der Waals surface area contributed by atoms with E-state index >= 15 is 0 Å². The van der Waals surface area contributed by atoms with E-state index in [2.05, 4.69) is 6.58 Å². The summed E-state index contributed by atoms with van der Waals surface area (Å²) in [7, 11) is 0. The minimum atomic E-state index is -0.883. The fourth-order valence-corrected chi connectivity index (χ4v) is 1.30. The molecule has 0 amide bonds. The second-order valence-electron chi connectivity index (χ2n) is 4.54. The largest absolute Gasteiger partial charge is 0.394 e. The van der Waals surface area contributed by atoms with E-state index in [1.165, 1.54) is 0 Å². The van der Waals surface area contributed by atoms with Crippen LogP contribution >= 0.6 is 0 Å². The average Bonchev–Trinajstić information content (AvgIpc) is 2.46. The standard InChI is InChI=1S/C14H28O6/c1-3-5-6-20-14(10-18-8-12(16)4-2)11-19-9-13(17)7-15/h3,12-17H,1,4-11H2,2H3. The van der Waals surface area contributed by atoms with Gasteiger partial charge < -0.3 is 29.5 Å². The number of ether oxygens (including phenoxy) is 3. The van der Waals surface area contributed by atoms with Gasteiger partial charge >= 0.3 is 0 Å². The van der Waals surface area contributed by atoms with Crippen molar-refractivity contribution in [3.05, 3.63) is 12.7 Å². The third kappa shape index (κ3) is 11.3. The fraction of sp³-hybridized carbons (Fsp3) is 0.857. The summed E-state index contributed by atoms with van der Waals surface area (Å²) in [5, 5.41) is 27.2. The van der Waals surface area contributed by atoms with E-state index in [0.717, 1.165) is 6.42 Å². The minimum Gasteiger partial charge on any atom is -0.394 e. The van der Waals surface area contributed by atoms with Crippen LogP contribution < -0.4 is 0 Å². The Morgan fingerprint density at radius 2 is 1.65 bits per heavy atom. The number of aliphatic hydroxyl groups excluding tert-OH is 3. The normalized spacial score (nSPS) is 15.8. The van der Waals surface area contributed by atoms with Crippen molar-refractivity contribution in [3.63, 3.8) is 0 Å². The van der Waals surface area contributed by atoms with Gasteiger partial charge in [0.05, 0.1) is 45.7 Å². The lowest BCUT2D eigenvalue weighted by Gasteiger charge is -2.19. The Morgan fingerprint density at radius 3 is 2.15 bits per heavy atom. The quantitative estimate of drug-likeness (QED) is 0.311. The number of rotatable bonds is 14. The van der Waals surface area contributed by atoms with E-state index in [1.807, 2.05) is 6.92 Å². The van der Waals surface area contributed by atoms with Gasteiger partial charge in [-0.2, -0.15) is 0 Å². The maximum Gasteiger partial charge on any atom is 0.104 e. The second kappa shape index (κ2) is 13.5. The number of hydrogen-bond donors (Lipinski definition) is 3. The highest BCUT2D eigenvalue weighted by Crippen LogP contribution is 2.00. The van der Waals surface area contributed by atoms with Crippen molar-refractivity contribution in [1.82, 2.24) is 0 Å². The highest BCUT2D eigenvalue weighted by Gasteiger charge is 2.12. The summed E-state index contributed by atoms with van der Waals surface area (Å²) in [6.07, 6.45) is 1.50.